The van der Waals surface area contributed by atoms with Crippen molar-refractivity contribution in [2.45, 2.75) is 26.9 Å². The normalized spacial score (nSPS) is 11.3. The predicted octanol–water partition coefficient (Wildman–Crippen LogP) is 5.04. The molecule has 0 aliphatic rings. The number of nitro groups is 1. The maximum atomic E-state index is 11.6. The summed E-state index contributed by atoms with van der Waals surface area (Å²) in [5, 5.41) is 11.6. The van der Waals surface area contributed by atoms with Crippen LogP contribution in [0.2, 0.25) is 0 Å². The fourth-order valence-electron chi connectivity index (χ4n) is 3.62. The Morgan fingerprint density at radius 1 is 1.00 bits per heavy atom. The Balaban J connectivity index is 2.07. The summed E-state index contributed by atoms with van der Waals surface area (Å²) in [6.07, 6.45) is 3.22. The SMILES string of the molecule is CCP(CC)CN(Cc1ccccc1)Cc1cc([N+](=O)[O-])cc2nc(OC)c(OC)nc12. The molecule has 3 aromatic rings. The molecule has 0 N–H and O–H groups in total. The number of ether oxygens (including phenoxy) is 2. The van der Waals surface area contributed by atoms with Crippen LogP contribution in [-0.4, -0.2) is 52.6 Å². The van der Waals surface area contributed by atoms with E-state index in [1.54, 1.807) is 6.07 Å². The van der Waals surface area contributed by atoms with E-state index in [0.717, 1.165) is 30.7 Å². The van der Waals surface area contributed by atoms with Crippen LogP contribution in [0.1, 0.15) is 25.0 Å². The van der Waals surface area contributed by atoms with E-state index in [1.807, 2.05) is 18.2 Å². The number of nitro benzene ring substituents is 1. The smallest absolute Gasteiger partial charge is 0.278 e. The molecule has 1 heterocycles. The molecule has 170 valence electrons. The third kappa shape index (κ3) is 5.69. The molecule has 0 spiro atoms. The molecule has 32 heavy (non-hydrogen) atoms. The van der Waals surface area contributed by atoms with Gasteiger partial charge < -0.3 is 9.47 Å². The van der Waals surface area contributed by atoms with Gasteiger partial charge in [-0.05, 0) is 17.9 Å². The second-order valence-electron chi connectivity index (χ2n) is 7.39. The third-order valence-corrected chi connectivity index (χ3v) is 7.90. The molecule has 0 saturated carbocycles. The van der Waals surface area contributed by atoms with Crippen LogP contribution in [0.3, 0.4) is 0 Å². The lowest BCUT2D eigenvalue weighted by Gasteiger charge is -2.27. The highest BCUT2D eigenvalue weighted by molar-refractivity contribution is 7.57. The molecule has 0 unspecified atom stereocenters. The zero-order valence-electron chi connectivity index (χ0n) is 18.9. The number of hydrogen-bond donors (Lipinski definition) is 0. The monoisotopic (exact) mass is 456 g/mol. The number of nitrogens with zero attached hydrogens (tertiary/aromatic N) is 4. The predicted molar refractivity (Wildman–Crippen MR) is 128 cm³/mol. The van der Waals surface area contributed by atoms with Gasteiger partial charge in [0.2, 0.25) is 0 Å². The lowest BCUT2D eigenvalue weighted by molar-refractivity contribution is -0.384. The van der Waals surface area contributed by atoms with Gasteiger partial charge in [-0.1, -0.05) is 52.1 Å². The summed E-state index contributed by atoms with van der Waals surface area (Å²) in [4.78, 5) is 22.6. The quantitative estimate of drug-likeness (QED) is 0.227. The number of rotatable bonds is 11. The first-order valence-corrected chi connectivity index (χ1v) is 12.4. The average molecular weight is 456 g/mol. The van der Waals surface area contributed by atoms with Crippen molar-refractivity contribution in [2.24, 2.45) is 0 Å². The maximum absolute atomic E-state index is 11.6. The highest BCUT2D eigenvalue weighted by Crippen LogP contribution is 2.37. The Bertz CT molecular complexity index is 1060. The van der Waals surface area contributed by atoms with Crippen LogP contribution in [0, 0.1) is 10.1 Å². The third-order valence-electron chi connectivity index (χ3n) is 5.31. The Morgan fingerprint density at radius 3 is 2.25 bits per heavy atom. The van der Waals surface area contributed by atoms with Gasteiger partial charge in [-0.3, -0.25) is 15.0 Å². The fraction of sp³-hybridized carbons (Fsp3) is 0.391. The van der Waals surface area contributed by atoms with Gasteiger partial charge in [0, 0.05) is 37.1 Å². The van der Waals surface area contributed by atoms with E-state index >= 15 is 0 Å². The fourth-order valence-corrected chi connectivity index (χ4v) is 5.23. The molecule has 1 aromatic heterocycles. The van der Waals surface area contributed by atoms with Gasteiger partial charge in [0.15, 0.2) is 0 Å². The highest BCUT2D eigenvalue weighted by atomic mass is 31.1. The van der Waals surface area contributed by atoms with Crippen LogP contribution in [0.5, 0.6) is 11.8 Å². The van der Waals surface area contributed by atoms with Gasteiger partial charge in [-0.25, -0.2) is 9.97 Å². The van der Waals surface area contributed by atoms with E-state index in [-0.39, 0.29) is 25.4 Å². The summed E-state index contributed by atoms with van der Waals surface area (Å²) in [5.41, 5.74) is 2.95. The van der Waals surface area contributed by atoms with Gasteiger partial charge in [-0.15, -0.1) is 0 Å². The van der Waals surface area contributed by atoms with Crippen LogP contribution < -0.4 is 9.47 Å². The lowest BCUT2D eigenvalue weighted by atomic mass is 10.1. The molecule has 0 saturated heterocycles. The molecule has 0 aliphatic heterocycles. The summed E-state index contributed by atoms with van der Waals surface area (Å²) in [7, 11) is 2.81. The number of methoxy groups -OCH3 is 2. The molecule has 8 nitrogen and oxygen atoms in total. The summed E-state index contributed by atoms with van der Waals surface area (Å²) in [6, 6.07) is 13.3. The van der Waals surface area contributed by atoms with Gasteiger partial charge in [0.25, 0.3) is 17.4 Å². The highest BCUT2D eigenvalue weighted by Gasteiger charge is 2.20. The molecule has 0 radical (unpaired) electrons. The van der Waals surface area contributed by atoms with Gasteiger partial charge in [-0.2, -0.15) is 0 Å². The molecule has 2 aromatic carbocycles. The number of aromatic nitrogens is 2. The zero-order chi connectivity index (χ0) is 23.1. The van der Waals surface area contributed by atoms with Crippen molar-refractivity contribution in [3.05, 3.63) is 63.7 Å². The van der Waals surface area contributed by atoms with Crippen molar-refractivity contribution in [2.75, 3.05) is 32.8 Å². The Labute approximate surface area is 189 Å². The molecule has 3 rings (SSSR count). The first-order chi connectivity index (χ1) is 15.5. The molecule has 0 amide bonds. The molecular weight excluding hydrogens is 427 g/mol. The number of non-ortho nitro benzene ring substituents is 1. The van der Waals surface area contributed by atoms with Crippen molar-refractivity contribution in [1.29, 1.82) is 0 Å². The minimum Gasteiger partial charge on any atom is -0.477 e. The van der Waals surface area contributed by atoms with Crippen molar-refractivity contribution in [3.8, 4) is 11.8 Å². The van der Waals surface area contributed by atoms with E-state index < -0.39 is 4.92 Å². The summed E-state index contributed by atoms with van der Waals surface area (Å²) in [6.45, 7) is 5.73. The first-order valence-electron chi connectivity index (χ1n) is 10.5. The molecule has 9 heteroatoms. The molecule has 0 atom stereocenters. The molecular formula is C23H29N4O4P. The van der Waals surface area contributed by atoms with E-state index in [9.17, 15) is 10.1 Å². The standard InChI is InChI=1S/C23H29N4O4P/c1-5-32(6-2)16-26(14-17-10-8-7-9-11-17)15-18-12-19(27(28)29)13-20-21(18)25-23(31-4)22(24-20)30-3/h7-13H,5-6,14-16H2,1-4H3. The Kier molecular flexibility index (Phi) is 8.31. The topological polar surface area (TPSA) is 90.6 Å². The van der Waals surface area contributed by atoms with E-state index in [0.29, 0.717) is 17.6 Å². The largest absolute Gasteiger partial charge is 0.477 e. The summed E-state index contributed by atoms with van der Waals surface area (Å²) < 4.78 is 10.6. The van der Waals surface area contributed by atoms with Crippen LogP contribution in [0.4, 0.5) is 5.69 Å². The Morgan fingerprint density at radius 2 is 1.66 bits per heavy atom. The second kappa shape index (κ2) is 11.2. The van der Waals surface area contributed by atoms with Crippen LogP contribution >= 0.6 is 7.92 Å². The van der Waals surface area contributed by atoms with Crippen molar-refractivity contribution < 1.29 is 14.4 Å². The summed E-state index contributed by atoms with van der Waals surface area (Å²) in [5.74, 6) is 0.460. The van der Waals surface area contributed by atoms with Crippen LogP contribution in [-0.2, 0) is 13.1 Å². The molecule has 0 bridgehead atoms. The van der Waals surface area contributed by atoms with Crippen molar-refractivity contribution in [3.63, 3.8) is 0 Å². The van der Waals surface area contributed by atoms with Gasteiger partial charge in [0.05, 0.1) is 24.7 Å². The van der Waals surface area contributed by atoms with E-state index in [4.69, 9.17) is 9.47 Å². The van der Waals surface area contributed by atoms with Crippen molar-refractivity contribution >= 4 is 24.6 Å². The minimum absolute atomic E-state index is 0.0121. The van der Waals surface area contributed by atoms with Crippen molar-refractivity contribution in [1.82, 2.24) is 14.9 Å². The van der Waals surface area contributed by atoms with Crippen LogP contribution in [0.15, 0.2) is 42.5 Å². The minimum atomic E-state index is -0.395. The van der Waals surface area contributed by atoms with Gasteiger partial charge >= 0.3 is 0 Å². The zero-order valence-corrected chi connectivity index (χ0v) is 19.8. The number of fused-ring (bicyclic) bond motifs is 1. The average Bonchev–Trinajstić information content (AvgIpc) is 2.81. The van der Waals surface area contributed by atoms with E-state index in [1.165, 1.54) is 25.8 Å². The first kappa shape index (κ1) is 23.8. The summed E-state index contributed by atoms with van der Waals surface area (Å²) >= 11 is 0. The van der Waals surface area contributed by atoms with E-state index in [2.05, 4.69) is 40.8 Å². The Hall–Kier alpha value is -2.83. The second-order valence-corrected chi connectivity index (χ2v) is 10.3. The van der Waals surface area contributed by atoms with Crippen LogP contribution in [0.25, 0.3) is 11.0 Å². The number of benzene rings is 2. The molecule has 0 fully saturated rings. The molecule has 0 aliphatic carbocycles. The maximum Gasteiger partial charge on any atom is 0.278 e. The lowest BCUT2D eigenvalue weighted by Crippen LogP contribution is -2.24. The number of hydrogen-bond acceptors (Lipinski definition) is 7. The van der Waals surface area contributed by atoms with Gasteiger partial charge in [0.1, 0.15) is 5.52 Å².